The number of hydrogen-bond acceptors (Lipinski definition) is 2. The van der Waals surface area contributed by atoms with Gasteiger partial charge in [0.05, 0.1) is 17.8 Å². The van der Waals surface area contributed by atoms with Gasteiger partial charge in [-0.3, -0.25) is 4.79 Å². The van der Waals surface area contributed by atoms with Gasteiger partial charge in [-0.15, -0.1) is 0 Å². The van der Waals surface area contributed by atoms with Crippen LogP contribution in [-0.2, 0) is 11.2 Å². The number of nitrogens with zero attached hydrogens (tertiary/aromatic N) is 2. The molecule has 2 heterocycles. The number of aryl methyl sites for hydroxylation is 4. The first-order valence-electron chi connectivity index (χ1n) is 9.93. The van der Waals surface area contributed by atoms with E-state index in [-0.39, 0.29) is 12.3 Å². The number of imidazole rings is 1. The summed E-state index contributed by atoms with van der Waals surface area (Å²) in [6.45, 7) is 8.26. The number of anilines is 1. The second-order valence-electron chi connectivity index (χ2n) is 7.78. The van der Waals surface area contributed by atoms with E-state index in [0.29, 0.717) is 0 Å². The Bertz CT molecular complexity index is 1270. The first-order valence-corrected chi connectivity index (χ1v) is 10.7. The predicted octanol–water partition coefficient (Wildman–Crippen LogP) is 6.18. The molecule has 5 heteroatoms. The highest BCUT2D eigenvalue weighted by Crippen LogP contribution is 2.28. The SMILES string of the molecule is Cc1ccc(-c2nc3c(C)cccn3c2CC(=O)Nc2ccc(C)c(Br)c2)cc1C. The van der Waals surface area contributed by atoms with Crippen molar-refractivity contribution in [3.63, 3.8) is 0 Å². The number of carbonyl (C=O) groups is 1. The molecule has 0 saturated heterocycles. The Labute approximate surface area is 185 Å². The number of hydrogen-bond donors (Lipinski definition) is 1. The summed E-state index contributed by atoms with van der Waals surface area (Å²) >= 11 is 3.53. The van der Waals surface area contributed by atoms with Gasteiger partial charge in [-0.25, -0.2) is 4.98 Å². The van der Waals surface area contributed by atoms with Crippen molar-refractivity contribution < 1.29 is 4.79 Å². The van der Waals surface area contributed by atoms with Gasteiger partial charge in [0.15, 0.2) is 0 Å². The van der Waals surface area contributed by atoms with Crippen molar-refractivity contribution in [2.24, 2.45) is 0 Å². The van der Waals surface area contributed by atoms with Crippen LogP contribution < -0.4 is 5.32 Å². The van der Waals surface area contributed by atoms with Crippen LogP contribution in [0.4, 0.5) is 5.69 Å². The third kappa shape index (κ3) is 3.90. The number of halogens is 1. The molecule has 4 aromatic rings. The quantitative estimate of drug-likeness (QED) is 0.394. The molecular formula is C25H24BrN3O. The average molecular weight is 462 g/mol. The van der Waals surface area contributed by atoms with Crippen molar-refractivity contribution in [1.29, 1.82) is 0 Å². The topological polar surface area (TPSA) is 46.4 Å². The van der Waals surface area contributed by atoms with Gasteiger partial charge in [-0.1, -0.05) is 40.2 Å². The molecule has 4 rings (SSSR count). The Hall–Kier alpha value is -2.92. The highest BCUT2D eigenvalue weighted by Gasteiger charge is 2.18. The average Bonchev–Trinajstić information content (AvgIpc) is 3.07. The summed E-state index contributed by atoms with van der Waals surface area (Å²) in [6.07, 6.45) is 2.21. The van der Waals surface area contributed by atoms with Crippen LogP contribution in [0, 0.1) is 27.7 Å². The number of nitrogens with one attached hydrogen (secondary N) is 1. The van der Waals surface area contributed by atoms with Crippen LogP contribution >= 0.6 is 15.9 Å². The third-order valence-electron chi connectivity index (χ3n) is 5.51. The van der Waals surface area contributed by atoms with Gasteiger partial charge in [-0.05, 0) is 74.2 Å². The van der Waals surface area contributed by atoms with Crippen LogP contribution in [0.3, 0.4) is 0 Å². The number of rotatable bonds is 4. The van der Waals surface area contributed by atoms with E-state index in [1.165, 1.54) is 11.1 Å². The highest BCUT2D eigenvalue weighted by molar-refractivity contribution is 9.10. The Morgan fingerprint density at radius 2 is 1.73 bits per heavy atom. The molecule has 1 N–H and O–H groups in total. The largest absolute Gasteiger partial charge is 0.326 e. The molecule has 0 bridgehead atoms. The van der Waals surface area contributed by atoms with Crippen LogP contribution in [0.2, 0.25) is 0 Å². The van der Waals surface area contributed by atoms with E-state index in [2.05, 4.69) is 53.3 Å². The van der Waals surface area contributed by atoms with Crippen molar-refractivity contribution in [1.82, 2.24) is 9.38 Å². The zero-order valence-corrected chi connectivity index (χ0v) is 19.2. The van der Waals surface area contributed by atoms with Crippen LogP contribution in [0.15, 0.2) is 59.2 Å². The summed E-state index contributed by atoms with van der Waals surface area (Å²) in [6, 6.07) is 16.2. The van der Waals surface area contributed by atoms with E-state index in [1.54, 1.807) is 0 Å². The fraction of sp³-hybridized carbons (Fsp3) is 0.200. The van der Waals surface area contributed by atoms with Gasteiger partial charge in [-0.2, -0.15) is 0 Å². The predicted molar refractivity (Wildman–Crippen MR) is 126 cm³/mol. The Morgan fingerprint density at radius 1 is 0.967 bits per heavy atom. The van der Waals surface area contributed by atoms with Gasteiger partial charge < -0.3 is 9.72 Å². The molecule has 0 saturated carbocycles. The molecule has 0 aliphatic heterocycles. The van der Waals surface area contributed by atoms with E-state index in [4.69, 9.17) is 4.98 Å². The number of benzene rings is 2. The van der Waals surface area contributed by atoms with Crippen molar-refractivity contribution in [3.05, 3.63) is 87.1 Å². The van der Waals surface area contributed by atoms with E-state index in [1.807, 2.05) is 54.8 Å². The normalized spacial score (nSPS) is 11.1. The fourth-order valence-corrected chi connectivity index (χ4v) is 3.95. The minimum Gasteiger partial charge on any atom is -0.326 e. The van der Waals surface area contributed by atoms with Gasteiger partial charge >= 0.3 is 0 Å². The van der Waals surface area contributed by atoms with Gasteiger partial charge in [0.25, 0.3) is 0 Å². The van der Waals surface area contributed by atoms with Crippen molar-refractivity contribution >= 4 is 33.2 Å². The van der Waals surface area contributed by atoms with E-state index >= 15 is 0 Å². The lowest BCUT2D eigenvalue weighted by atomic mass is 10.0. The first kappa shape index (κ1) is 20.4. The summed E-state index contributed by atoms with van der Waals surface area (Å²) < 4.78 is 3.01. The molecule has 0 atom stereocenters. The minimum absolute atomic E-state index is 0.0702. The second-order valence-corrected chi connectivity index (χ2v) is 8.63. The molecule has 2 aromatic carbocycles. The monoisotopic (exact) mass is 461 g/mol. The van der Waals surface area contributed by atoms with Gasteiger partial charge in [0.1, 0.15) is 5.65 Å². The summed E-state index contributed by atoms with van der Waals surface area (Å²) in [5, 5.41) is 3.02. The molecule has 0 unspecified atom stereocenters. The van der Waals surface area contributed by atoms with Crippen molar-refractivity contribution in [3.8, 4) is 11.3 Å². The number of aromatic nitrogens is 2. The molecular weight excluding hydrogens is 438 g/mol. The fourth-order valence-electron chi connectivity index (χ4n) is 3.57. The van der Waals surface area contributed by atoms with E-state index < -0.39 is 0 Å². The second kappa shape index (κ2) is 8.07. The molecule has 0 aliphatic rings. The minimum atomic E-state index is -0.0702. The molecule has 4 nitrogen and oxygen atoms in total. The summed E-state index contributed by atoms with van der Waals surface area (Å²) in [7, 11) is 0. The maximum Gasteiger partial charge on any atom is 0.230 e. The summed E-state index contributed by atoms with van der Waals surface area (Å²) in [4.78, 5) is 17.9. The van der Waals surface area contributed by atoms with Gasteiger partial charge in [0.2, 0.25) is 5.91 Å². The van der Waals surface area contributed by atoms with Crippen LogP contribution in [-0.4, -0.2) is 15.3 Å². The van der Waals surface area contributed by atoms with Crippen LogP contribution in [0.25, 0.3) is 16.9 Å². The Kier molecular flexibility index (Phi) is 5.48. The maximum atomic E-state index is 12.9. The first-order chi connectivity index (χ1) is 14.3. The Morgan fingerprint density at radius 3 is 2.47 bits per heavy atom. The van der Waals surface area contributed by atoms with Crippen molar-refractivity contribution in [2.75, 3.05) is 5.32 Å². The lowest BCUT2D eigenvalue weighted by molar-refractivity contribution is -0.115. The number of fused-ring (bicyclic) bond motifs is 1. The van der Waals surface area contributed by atoms with E-state index in [0.717, 1.165) is 43.9 Å². The zero-order chi connectivity index (χ0) is 21.4. The summed E-state index contributed by atoms with van der Waals surface area (Å²) in [5.41, 5.74) is 9.08. The molecule has 0 radical (unpaired) electrons. The smallest absolute Gasteiger partial charge is 0.230 e. The van der Waals surface area contributed by atoms with Crippen LogP contribution in [0.5, 0.6) is 0 Å². The lowest BCUT2D eigenvalue weighted by Gasteiger charge is -2.09. The van der Waals surface area contributed by atoms with Crippen molar-refractivity contribution in [2.45, 2.75) is 34.1 Å². The molecule has 2 aromatic heterocycles. The standard InChI is InChI=1S/C25H24BrN3O/c1-15-7-9-19(12-18(15)4)24-22(29-11-5-6-17(3)25(29)28-24)14-23(30)27-20-10-8-16(2)21(26)13-20/h5-13H,14H2,1-4H3,(H,27,30). The van der Waals surface area contributed by atoms with E-state index in [9.17, 15) is 4.79 Å². The molecule has 0 fully saturated rings. The number of amides is 1. The third-order valence-corrected chi connectivity index (χ3v) is 6.36. The molecule has 30 heavy (non-hydrogen) atoms. The highest BCUT2D eigenvalue weighted by atomic mass is 79.9. The molecule has 0 aliphatic carbocycles. The Balaban J connectivity index is 1.74. The summed E-state index contributed by atoms with van der Waals surface area (Å²) in [5.74, 6) is -0.0702. The van der Waals surface area contributed by atoms with Gasteiger partial charge in [0, 0.05) is 21.9 Å². The maximum absolute atomic E-state index is 12.9. The number of carbonyl (C=O) groups excluding carboxylic acids is 1. The molecule has 1 amide bonds. The van der Waals surface area contributed by atoms with Crippen LogP contribution in [0.1, 0.15) is 27.9 Å². The molecule has 0 spiro atoms. The lowest BCUT2D eigenvalue weighted by Crippen LogP contribution is -2.16. The zero-order valence-electron chi connectivity index (χ0n) is 17.6. The molecule has 152 valence electrons. The number of pyridine rings is 1.